The van der Waals surface area contributed by atoms with Crippen molar-refractivity contribution in [3.63, 3.8) is 0 Å². The molecule has 0 spiro atoms. The van der Waals surface area contributed by atoms with Gasteiger partial charge in [0.15, 0.2) is 0 Å². The minimum Gasteiger partial charge on any atom is -0.325 e. The third-order valence-electron chi connectivity index (χ3n) is 4.48. The predicted molar refractivity (Wildman–Crippen MR) is 117 cm³/mol. The van der Waals surface area contributed by atoms with Crippen LogP contribution in [0.2, 0.25) is 0 Å². The molecule has 0 saturated carbocycles. The standard InChI is InChI=1S/C24H24FN3O2/c1-28(16-23(29)26-21-13-11-20(25)12-14-21)17-24(30)27-22-10-6-5-9-19(22)15-18-7-3-2-4-8-18/h2-14H,15-17H2,1H3,(H,26,29)(H,27,30). The average Bonchev–Trinajstić information content (AvgIpc) is 2.71. The number of carbonyl (C=O) groups is 2. The Morgan fingerprint density at radius 1 is 0.800 bits per heavy atom. The van der Waals surface area contributed by atoms with E-state index in [1.54, 1.807) is 11.9 Å². The minimum atomic E-state index is -0.366. The van der Waals surface area contributed by atoms with Crippen molar-refractivity contribution in [2.75, 3.05) is 30.8 Å². The van der Waals surface area contributed by atoms with Gasteiger partial charge in [-0.1, -0.05) is 48.5 Å². The smallest absolute Gasteiger partial charge is 0.238 e. The molecule has 5 nitrogen and oxygen atoms in total. The molecule has 0 atom stereocenters. The van der Waals surface area contributed by atoms with E-state index < -0.39 is 0 Å². The van der Waals surface area contributed by atoms with Crippen LogP contribution < -0.4 is 10.6 Å². The van der Waals surface area contributed by atoms with Crippen molar-refractivity contribution in [3.8, 4) is 0 Å². The third kappa shape index (κ3) is 6.53. The minimum absolute atomic E-state index is 0.0382. The predicted octanol–water partition coefficient (Wildman–Crippen LogP) is 3.93. The molecule has 2 amide bonds. The van der Waals surface area contributed by atoms with E-state index in [1.165, 1.54) is 24.3 Å². The van der Waals surface area contributed by atoms with Gasteiger partial charge in [-0.2, -0.15) is 0 Å². The van der Waals surface area contributed by atoms with Gasteiger partial charge >= 0.3 is 0 Å². The summed E-state index contributed by atoms with van der Waals surface area (Å²) in [5.74, 6) is -0.844. The lowest BCUT2D eigenvalue weighted by Gasteiger charge is -2.17. The van der Waals surface area contributed by atoms with Crippen LogP contribution in [-0.4, -0.2) is 36.9 Å². The van der Waals surface area contributed by atoms with Crippen LogP contribution in [0, 0.1) is 5.82 Å². The number of carbonyl (C=O) groups excluding carboxylic acids is 2. The number of hydrogen-bond acceptors (Lipinski definition) is 3. The maximum absolute atomic E-state index is 12.9. The summed E-state index contributed by atoms with van der Waals surface area (Å²) in [6, 6.07) is 23.3. The lowest BCUT2D eigenvalue weighted by atomic mass is 10.0. The normalized spacial score (nSPS) is 10.6. The van der Waals surface area contributed by atoms with E-state index in [9.17, 15) is 14.0 Å². The molecule has 3 aromatic rings. The topological polar surface area (TPSA) is 61.4 Å². The van der Waals surface area contributed by atoms with Crippen LogP contribution in [0.1, 0.15) is 11.1 Å². The molecular formula is C24H24FN3O2. The summed E-state index contributed by atoms with van der Waals surface area (Å²) in [5, 5.41) is 5.62. The Bertz CT molecular complexity index is 991. The fourth-order valence-corrected chi connectivity index (χ4v) is 3.08. The highest BCUT2D eigenvalue weighted by Gasteiger charge is 2.13. The van der Waals surface area contributed by atoms with Crippen molar-refractivity contribution in [1.29, 1.82) is 0 Å². The van der Waals surface area contributed by atoms with Gasteiger partial charge in [-0.15, -0.1) is 0 Å². The van der Waals surface area contributed by atoms with Crippen molar-refractivity contribution < 1.29 is 14.0 Å². The largest absolute Gasteiger partial charge is 0.325 e. The van der Waals surface area contributed by atoms with E-state index in [0.29, 0.717) is 12.1 Å². The molecule has 154 valence electrons. The van der Waals surface area contributed by atoms with Crippen LogP contribution in [0.25, 0.3) is 0 Å². The molecule has 3 rings (SSSR count). The van der Waals surface area contributed by atoms with Gasteiger partial charge < -0.3 is 10.6 Å². The first-order valence-corrected chi connectivity index (χ1v) is 9.65. The van der Waals surface area contributed by atoms with E-state index in [0.717, 1.165) is 16.8 Å². The van der Waals surface area contributed by atoms with Crippen LogP contribution >= 0.6 is 0 Å². The summed E-state index contributed by atoms with van der Waals surface area (Å²) in [5.41, 5.74) is 3.45. The summed E-state index contributed by atoms with van der Waals surface area (Å²) >= 11 is 0. The van der Waals surface area contributed by atoms with Gasteiger partial charge in [-0.05, 0) is 54.9 Å². The van der Waals surface area contributed by atoms with E-state index in [1.807, 2.05) is 54.6 Å². The second kappa shape index (κ2) is 10.3. The van der Waals surface area contributed by atoms with Gasteiger partial charge in [-0.3, -0.25) is 14.5 Å². The Hall–Kier alpha value is -3.51. The van der Waals surface area contributed by atoms with Crippen LogP contribution in [-0.2, 0) is 16.0 Å². The van der Waals surface area contributed by atoms with Crippen molar-refractivity contribution in [3.05, 3.63) is 95.8 Å². The van der Waals surface area contributed by atoms with E-state index in [2.05, 4.69) is 10.6 Å². The molecule has 0 bridgehead atoms. The molecule has 0 aliphatic rings. The van der Waals surface area contributed by atoms with Gasteiger partial charge in [0.2, 0.25) is 11.8 Å². The van der Waals surface area contributed by atoms with Crippen LogP contribution in [0.5, 0.6) is 0 Å². The van der Waals surface area contributed by atoms with Crippen molar-refractivity contribution in [2.24, 2.45) is 0 Å². The number of hydrogen-bond donors (Lipinski definition) is 2. The molecule has 0 aliphatic carbocycles. The number of para-hydroxylation sites is 1. The number of nitrogens with one attached hydrogen (secondary N) is 2. The van der Waals surface area contributed by atoms with E-state index >= 15 is 0 Å². The summed E-state index contributed by atoms with van der Waals surface area (Å²) in [6.07, 6.45) is 0.715. The zero-order valence-electron chi connectivity index (χ0n) is 16.8. The van der Waals surface area contributed by atoms with Gasteiger partial charge in [0.25, 0.3) is 0 Å². The fraction of sp³-hybridized carbons (Fsp3) is 0.167. The van der Waals surface area contributed by atoms with Gasteiger partial charge in [0.05, 0.1) is 13.1 Å². The quantitative estimate of drug-likeness (QED) is 0.597. The number of anilines is 2. The highest BCUT2D eigenvalue weighted by Crippen LogP contribution is 2.19. The molecule has 2 N–H and O–H groups in total. The second-order valence-corrected chi connectivity index (χ2v) is 7.10. The Morgan fingerprint density at radius 3 is 2.10 bits per heavy atom. The number of nitrogens with zero attached hydrogens (tertiary/aromatic N) is 1. The van der Waals surface area contributed by atoms with Gasteiger partial charge in [0.1, 0.15) is 5.82 Å². The fourth-order valence-electron chi connectivity index (χ4n) is 3.08. The molecule has 0 aromatic heterocycles. The summed E-state index contributed by atoms with van der Waals surface area (Å²) < 4.78 is 12.9. The molecular weight excluding hydrogens is 381 g/mol. The van der Waals surface area contributed by atoms with Crippen molar-refractivity contribution >= 4 is 23.2 Å². The maximum Gasteiger partial charge on any atom is 0.238 e. The maximum atomic E-state index is 12.9. The molecule has 0 heterocycles. The van der Waals surface area contributed by atoms with Crippen molar-refractivity contribution in [1.82, 2.24) is 4.90 Å². The Morgan fingerprint density at radius 2 is 1.40 bits per heavy atom. The summed E-state index contributed by atoms with van der Waals surface area (Å²) in [7, 11) is 1.69. The zero-order valence-corrected chi connectivity index (χ0v) is 16.8. The summed E-state index contributed by atoms with van der Waals surface area (Å²) in [6.45, 7) is 0.104. The first-order chi connectivity index (χ1) is 14.5. The van der Waals surface area contributed by atoms with Gasteiger partial charge in [0, 0.05) is 11.4 Å². The first kappa shape index (κ1) is 21.2. The Labute approximate surface area is 175 Å². The molecule has 6 heteroatoms. The third-order valence-corrected chi connectivity index (χ3v) is 4.48. The Kier molecular flexibility index (Phi) is 7.29. The van der Waals surface area contributed by atoms with E-state index in [4.69, 9.17) is 0 Å². The molecule has 0 fully saturated rings. The van der Waals surface area contributed by atoms with Gasteiger partial charge in [-0.25, -0.2) is 4.39 Å². The molecule has 0 radical (unpaired) electrons. The van der Waals surface area contributed by atoms with Crippen LogP contribution in [0.15, 0.2) is 78.9 Å². The summed E-state index contributed by atoms with van der Waals surface area (Å²) in [4.78, 5) is 26.2. The monoisotopic (exact) mass is 405 g/mol. The van der Waals surface area contributed by atoms with E-state index in [-0.39, 0.29) is 30.7 Å². The molecule has 0 aliphatic heterocycles. The average molecular weight is 405 g/mol. The molecule has 30 heavy (non-hydrogen) atoms. The lowest BCUT2D eigenvalue weighted by Crippen LogP contribution is -2.36. The highest BCUT2D eigenvalue weighted by atomic mass is 19.1. The Balaban J connectivity index is 1.52. The molecule has 0 saturated heterocycles. The number of likely N-dealkylation sites (N-methyl/N-ethyl adjacent to an activating group) is 1. The molecule has 3 aromatic carbocycles. The first-order valence-electron chi connectivity index (χ1n) is 9.65. The van der Waals surface area contributed by atoms with Crippen LogP contribution in [0.4, 0.5) is 15.8 Å². The highest BCUT2D eigenvalue weighted by molar-refractivity contribution is 5.95. The number of halogens is 1. The SMILES string of the molecule is CN(CC(=O)Nc1ccc(F)cc1)CC(=O)Nc1ccccc1Cc1ccccc1. The number of amides is 2. The zero-order chi connectivity index (χ0) is 21.3. The second-order valence-electron chi connectivity index (χ2n) is 7.10. The number of benzene rings is 3. The van der Waals surface area contributed by atoms with Crippen LogP contribution in [0.3, 0.4) is 0 Å². The lowest BCUT2D eigenvalue weighted by molar-refractivity contribution is -0.119. The molecule has 0 unspecified atom stereocenters. The van der Waals surface area contributed by atoms with Crippen molar-refractivity contribution in [2.45, 2.75) is 6.42 Å². The number of rotatable bonds is 8.